The molecule has 0 saturated heterocycles. The molecule has 0 unspecified atom stereocenters. The number of nitrogens with zero attached hydrogens (tertiary/aromatic N) is 5. The first-order valence-electron chi connectivity index (χ1n) is 9.43. The molecule has 1 aromatic carbocycles. The molecule has 3 aromatic heterocycles. The number of carboxylic acids is 1. The Morgan fingerprint density at radius 2 is 2.00 bits per heavy atom. The largest absolute Gasteiger partial charge is 0.476 e. The summed E-state index contributed by atoms with van der Waals surface area (Å²) in [4.78, 5) is 31.2. The topological polar surface area (TPSA) is 150 Å². The van der Waals surface area contributed by atoms with Crippen LogP contribution in [0.1, 0.15) is 44.4 Å². The molecule has 4 aromatic rings. The predicted molar refractivity (Wildman–Crippen MR) is 114 cm³/mol. The van der Waals surface area contributed by atoms with Gasteiger partial charge in [0.15, 0.2) is 28.9 Å². The number of carbonyl (C=O) groups excluding carboxylic acids is 1. The van der Waals surface area contributed by atoms with Gasteiger partial charge in [0.05, 0.1) is 11.8 Å². The van der Waals surface area contributed by atoms with Crippen LogP contribution in [-0.2, 0) is 12.7 Å². The van der Waals surface area contributed by atoms with E-state index in [9.17, 15) is 22.8 Å². The van der Waals surface area contributed by atoms with E-state index < -0.39 is 23.4 Å². The maximum atomic E-state index is 12.6. The number of ketones is 1. The van der Waals surface area contributed by atoms with Crippen LogP contribution in [0.2, 0.25) is 0 Å². The molecule has 4 rings (SSSR count). The van der Waals surface area contributed by atoms with Crippen molar-refractivity contribution in [2.24, 2.45) is 0 Å². The minimum Gasteiger partial charge on any atom is -0.476 e. The van der Waals surface area contributed by atoms with Gasteiger partial charge in [-0.05, 0) is 12.1 Å². The molecule has 0 aliphatic carbocycles. The number of rotatable bonds is 5. The molecule has 34 heavy (non-hydrogen) atoms. The summed E-state index contributed by atoms with van der Waals surface area (Å²) in [5, 5.41) is 19.3. The molecule has 0 bridgehead atoms. The Morgan fingerprint density at radius 3 is 2.56 bits per heavy atom. The van der Waals surface area contributed by atoms with Crippen LogP contribution in [0.3, 0.4) is 0 Å². The Bertz CT molecular complexity index is 1330. The van der Waals surface area contributed by atoms with Gasteiger partial charge in [0, 0.05) is 24.8 Å². The smallest absolute Gasteiger partial charge is 0.416 e. The van der Waals surface area contributed by atoms with Crippen LogP contribution < -0.4 is 5.73 Å². The van der Waals surface area contributed by atoms with Crippen LogP contribution in [0.25, 0.3) is 11.3 Å². The number of oxazole rings is 1. The van der Waals surface area contributed by atoms with E-state index in [-0.39, 0.29) is 23.0 Å². The molecule has 14 heteroatoms. The summed E-state index contributed by atoms with van der Waals surface area (Å²) < 4.78 is 42.8. The van der Waals surface area contributed by atoms with Gasteiger partial charge in [0.2, 0.25) is 0 Å². The summed E-state index contributed by atoms with van der Waals surface area (Å²) in [5.41, 5.74) is 4.64. The fourth-order valence-corrected chi connectivity index (χ4v) is 3.46. The van der Waals surface area contributed by atoms with Gasteiger partial charge in [0.25, 0.3) is 0 Å². The minimum absolute atomic E-state index is 0.0211. The SMILES string of the molecule is CC(=O)c1csc(Cn2ncc(N)n2)n1.Cc1nc(C(=O)O)c(-c2cccc(C(F)(F)F)c2)o1. The standard InChI is InChI=1S/C12H8F3NO3.C8H9N5OS/c1-6-16-9(11(17)18)10(19-6)7-3-2-4-8(5-7)12(13,14)15;1-5(14)6-4-15-8(11-6)3-13-10-2-7(9)12-13/h2-5H,1H3,(H,17,18);2,4H,3H2,1H3,(H2,9,12). The molecule has 0 radical (unpaired) electrons. The first-order valence-corrected chi connectivity index (χ1v) is 10.3. The molecule has 0 atom stereocenters. The third-order valence-electron chi connectivity index (χ3n) is 4.13. The lowest BCUT2D eigenvalue weighted by Crippen LogP contribution is -2.05. The third kappa shape index (κ3) is 6.04. The summed E-state index contributed by atoms with van der Waals surface area (Å²) in [6.45, 7) is 3.35. The van der Waals surface area contributed by atoms with Crippen molar-refractivity contribution in [1.29, 1.82) is 0 Å². The maximum Gasteiger partial charge on any atom is 0.416 e. The second kappa shape index (κ2) is 9.82. The van der Waals surface area contributed by atoms with Crippen LogP contribution in [0.4, 0.5) is 19.0 Å². The average Bonchev–Trinajstić information content (AvgIpc) is 3.48. The molecular formula is C20H17F3N6O4S. The zero-order valence-electron chi connectivity index (χ0n) is 17.7. The first-order chi connectivity index (χ1) is 15.9. The van der Waals surface area contributed by atoms with Crippen molar-refractivity contribution in [2.75, 3.05) is 5.73 Å². The maximum absolute atomic E-state index is 12.6. The number of nitrogens with two attached hydrogens (primary N) is 1. The number of Topliss-reactive ketones (excluding diaryl/α,β-unsaturated/α-hetero) is 1. The summed E-state index contributed by atoms with van der Waals surface area (Å²) in [6.07, 6.45) is -3.03. The average molecular weight is 494 g/mol. The summed E-state index contributed by atoms with van der Waals surface area (Å²) in [6, 6.07) is 4.24. The minimum atomic E-state index is -4.51. The van der Waals surface area contributed by atoms with E-state index in [2.05, 4.69) is 20.2 Å². The molecular weight excluding hydrogens is 477 g/mol. The van der Waals surface area contributed by atoms with Gasteiger partial charge in [0.1, 0.15) is 17.2 Å². The van der Waals surface area contributed by atoms with Crippen molar-refractivity contribution in [3.8, 4) is 11.3 Å². The van der Waals surface area contributed by atoms with E-state index in [4.69, 9.17) is 15.3 Å². The zero-order chi connectivity index (χ0) is 25.0. The van der Waals surface area contributed by atoms with Gasteiger partial charge in [-0.3, -0.25) is 4.79 Å². The number of halogens is 3. The number of aromatic carboxylic acids is 1. The van der Waals surface area contributed by atoms with E-state index >= 15 is 0 Å². The van der Waals surface area contributed by atoms with Crippen molar-refractivity contribution in [3.63, 3.8) is 0 Å². The molecule has 3 N–H and O–H groups in total. The van der Waals surface area contributed by atoms with Crippen LogP contribution >= 0.6 is 11.3 Å². The highest BCUT2D eigenvalue weighted by atomic mass is 32.1. The summed E-state index contributed by atoms with van der Waals surface area (Å²) in [5.74, 6) is -1.13. The lowest BCUT2D eigenvalue weighted by Gasteiger charge is -2.07. The van der Waals surface area contributed by atoms with Crippen molar-refractivity contribution < 1.29 is 32.3 Å². The van der Waals surface area contributed by atoms with E-state index in [1.807, 2.05) is 0 Å². The number of carboxylic acid groups (broad SMARTS) is 1. The number of hydrogen-bond acceptors (Lipinski definition) is 9. The van der Waals surface area contributed by atoms with Crippen LogP contribution in [0, 0.1) is 6.92 Å². The number of aryl methyl sites for hydroxylation is 1. The normalized spacial score (nSPS) is 11.1. The summed E-state index contributed by atoms with van der Waals surface area (Å²) in [7, 11) is 0. The highest BCUT2D eigenvalue weighted by Gasteiger charge is 2.31. The van der Waals surface area contributed by atoms with Gasteiger partial charge in [-0.25, -0.2) is 14.8 Å². The Hall–Kier alpha value is -4.07. The Labute approximate surface area is 193 Å². The van der Waals surface area contributed by atoms with Crippen molar-refractivity contribution in [1.82, 2.24) is 25.0 Å². The molecule has 0 spiro atoms. The van der Waals surface area contributed by atoms with Crippen LogP contribution in [0.15, 0.2) is 40.3 Å². The monoisotopic (exact) mass is 494 g/mol. The van der Waals surface area contributed by atoms with Crippen molar-refractivity contribution in [2.45, 2.75) is 26.6 Å². The Kier molecular flexibility index (Phi) is 7.10. The van der Waals surface area contributed by atoms with E-state index in [1.165, 1.54) is 48.3 Å². The number of alkyl halides is 3. The molecule has 3 heterocycles. The number of carbonyl (C=O) groups is 2. The highest BCUT2D eigenvalue weighted by Crippen LogP contribution is 2.33. The second-order valence-corrected chi connectivity index (χ2v) is 7.72. The number of aromatic nitrogens is 5. The van der Waals surface area contributed by atoms with Gasteiger partial charge in [-0.1, -0.05) is 12.1 Å². The molecule has 0 amide bonds. The lowest BCUT2D eigenvalue weighted by molar-refractivity contribution is -0.137. The molecule has 178 valence electrons. The highest BCUT2D eigenvalue weighted by molar-refractivity contribution is 7.09. The van der Waals surface area contributed by atoms with Crippen molar-refractivity contribution in [3.05, 3.63) is 63.7 Å². The molecule has 0 fully saturated rings. The number of benzene rings is 1. The van der Waals surface area contributed by atoms with E-state index in [0.29, 0.717) is 18.1 Å². The molecule has 0 aliphatic heterocycles. The first kappa shape index (κ1) is 24.6. The Balaban J connectivity index is 0.000000196. The van der Waals surface area contributed by atoms with Gasteiger partial charge in [-0.2, -0.15) is 23.1 Å². The number of nitrogen functional groups attached to an aromatic ring is 1. The van der Waals surface area contributed by atoms with Gasteiger partial charge >= 0.3 is 12.1 Å². The Morgan fingerprint density at radius 1 is 1.26 bits per heavy atom. The lowest BCUT2D eigenvalue weighted by atomic mass is 10.1. The van der Waals surface area contributed by atoms with Gasteiger partial charge < -0.3 is 15.3 Å². The zero-order valence-corrected chi connectivity index (χ0v) is 18.5. The van der Waals surface area contributed by atoms with Gasteiger partial charge in [-0.15, -0.1) is 16.4 Å². The fourth-order valence-electron chi connectivity index (χ4n) is 2.66. The molecule has 0 saturated carbocycles. The number of anilines is 1. The number of thiazole rings is 1. The molecule has 10 nitrogen and oxygen atoms in total. The van der Waals surface area contributed by atoms with Crippen LogP contribution in [-0.4, -0.2) is 41.8 Å². The third-order valence-corrected chi connectivity index (χ3v) is 4.97. The number of hydrogen-bond donors (Lipinski definition) is 2. The second-order valence-electron chi connectivity index (χ2n) is 6.78. The quantitative estimate of drug-likeness (QED) is 0.393. The fraction of sp³-hybridized carbons (Fsp3) is 0.200. The molecule has 0 aliphatic rings. The van der Waals surface area contributed by atoms with E-state index in [1.54, 1.807) is 5.38 Å². The van der Waals surface area contributed by atoms with Crippen LogP contribution in [0.5, 0.6) is 0 Å². The van der Waals surface area contributed by atoms with E-state index in [0.717, 1.165) is 17.1 Å². The predicted octanol–water partition coefficient (Wildman–Crippen LogP) is 3.93. The van der Waals surface area contributed by atoms with Crippen molar-refractivity contribution >= 4 is 28.9 Å². The summed E-state index contributed by atoms with van der Waals surface area (Å²) >= 11 is 1.41.